The predicted octanol–water partition coefficient (Wildman–Crippen LogP) is 0.494. The maximum atomic E-state index is 9.86. The van der Waals surface area contributed by atoms with E-state index in [1.165, 1.54) is 0 Å². The van der Waals surface area contributed by atoms with E-state index < -0.39 is 0 Å². The Morgan fingerprint density at radius 3 is 2.71 bits per heavy atom. The molecule has 0 bridgehead atoms. The first kappa shape index (κ1) is 15.6. The fraction of sp³-hybridized carbons (Fsp3) is 0.467. The van der Waals surface area contributed by atoms with Crippen molar-refractivity contribution in [2.24, 2.45) is 7.05 Å². The summed E-state index contributed by atoms with van der Waals surface area (Å²) in [6.45, 7) is 1.89. The Kier molecular flexibility index (Phi) is 5.44. The largest absolute Gasteiger partial charge is 0.390 e. The molecule has 0 aromatic carbocycles. The van der Waals surface area contributed by atoms with Crippen molar-refractivity contribution < 1.29 is 5.11 Å². The van der Waals surface area contributed by atoms with Crippen LogP contribution in [-0.4, -0.2) is 58.1 Å². The summed E-state index contributed by atoms with van der Waals surface area (Å²) in [5.41, 5.74) is 3.12. The smallest absolute Gasteiger partial charge is 0.0969 e. The van der Waals surface area contributed by atoms with E-state index >= 15 is 0 Å². The summed E-state index contributed by atoms with van der Waals surface area (Å²) < 4.78 is 1.81. The maximum absolute atomic E-state index is 9.86. The molecule has 21 heavy (non-hydrogen) atoms. The van der Waals surface area contributed by atoms with Crippen LogP contribution >= 0.6 is 0 Å². The number of pyridine rings is 1. The van der Waals surface area contributed by atoms with Gasteiger partial charge in [0.2, 0.25) is 0 Å². The van der Waals surface area contributed by atoms with Crippen LogP contribution in [-0.2, 0) is 13.6 Å². The van der Waals surface area contributed by atoms with Crippen LogP contribution in [0.5, 0.6) is 0 Å². The number of aliphatic hydroxyl groups is 1. The molecule has 0 saturated heterocycles. The predicted molar refractivity (Wildman–Crippen MR) is 82.7 cm³/mol. The first-order chi connectivity index (χ1) is 10.1. The molecular weight excluding hydrogens is 266 g/mol. The zero-order chi connectivity index (χ0) is 15.2. The Morgan fingerprint density at radius 2 is 2.05 bits per heavy atom. The summed E-state index contributed by atoms with van der Waals surface area (Å²) in [6.07, 6.45) is 5.16. The van der Waals surface area contributed by atoms with Gasteiger partial charge in [0.25, 0.3) is 0 Å². The van der Waals surface area contributed by atoms with Crippen molar-refractivity contribution in [2.45, 2.75) is 12.6 Å². The van der Waals surface area contributed by atoms with E-state index in [-0.39, 0.29) is 6.10 Å². The lowest BCUT2D eigenvalue weighted by molar-refractivity contribution is 0.134. The van der Waals surface area contributed by atoms with Crippen LogP contribution in [0.15, 0.2) is 30.7 Å². The van der Waals surface area contributed by atoms with E-state index in [1.807, 2.05) is 49.1 Å². The molecule has 0 fully saturated rings. The minimum absolute atomic E-state index is 0.374. The van der Waals surface area contributed by atoms with Crippen LogP contribution in [0.3, 0.4) is 0 Å². The van der Waals surface area contributed by atoms with Crippen LogP contribution < -0.4 is 5.32 Å². The Labute approximate surface area is 125 Å². The summed E-state index contributed by atoms with van der Waals surface area (Å²) in [4.78, 5) is 6.00. The van der Waals surface area contributed by atoms with Crippen molar-refractivity contribution in [1.82, 2.24) is 25.0 Å². The van der Waals surface area contributed by atoms with Crippen LogP contribution in [0, 0.1) is 0 Å². The number of nitrogens with zero attached hydrogens (tertiary/aromatic N) is 4. The Morgan fingerprint density at radius 1 is 1.33 bits per heavy atom. The first-order valence-corrected chi connectivity index (χ1v) is 7.02. The van der Waals surface area contributed by atoms with Gasteiger partial charge in [0.05, 0.1) is 11.8 Å². The van der Waals surface area contributed by atoms with Gasteiger partial charge in [-0.25, -0.2) is 0 Å². The molecule has 2 N–H and O–H groups in total. The van der Waals surface area contributed by atoms with Crippen LogP contribution in [0.1, 0.15) is 5.56 Å². The third-order valence-electron chi connectivity index (χ3n) is 3.13. The lowest BCUT2D eigenvalue weighted by Crippen LogP contribution is -2.34. The average molecular weight is 289 g/mol. The summed E-state index contributed by atoms with van der Waals surface area (Å²) in [6, 6.07) is 3.90. The van der Waals surface area contributed by atoms with Gasteiger partial charge in [0.1, 0.15) is 0 Å². The second-order valence-corrected chi connectivity index (χ2v) is 5.46. The molecule has 0 saturated carbocycles. The van der Waals surface area contributed by atoms with Gasteiger partial charge in [-0.05, 0) is 26.2 Å². The van der Waals surface area contributed by atoms with Crippen LogP contribution in [0.2, 0.25) is 0 Å². The Bertz CT molecular complexity index is 552. The first-order valence-electron chi connectivity index (χ1n) is 7.02. The van der Waals surface area contributed by atoms with Gasteiger partial charge in [-0.15, -0.1) is 0 Å². The molecule has 6 heteroatoms. The van der Waals surface area contributed by atoms with E-state index in [9.17, 15) is 5.11 Å². The number of nitrogens with one attached hydrogen (secondary N) is 1. The molecule has 0 spiro atoms. The zero-order valence-corrected chi connectivity index (χ0v) is 12.8. The highest BCUT2D eigenvalue weighted by molar-refractivity contribution is 5.61. The molecule has 114 valence electrons. The van der Waals surface area contributed by atoms with Crippen molar-refractivity contribution in [1.29, 1.82) is 0 Å². The molecule has 0 aliphatic rings. The molecule has 1 unspecified atom stereocenters. The van der Waals surface area contributed by atoms with E-state index in [1.54, 1.807) is 12.4 Å². The van der Waals surface area contributed by atoms with Gasteiger partial charge in [-0.2, -0.15) is 5.10 Å². The van der Waals surface area contributed by atoms with E-state index in [0.29, 0.717) is 19.6 Å². The number of aryl methyl sites for hydroxylation is 1. The van der Waals surface area contributed by atoms with Gasteiger partial charge in [-0.1, -0.05) is 0 Å². The Balaban J connectivity index is 1.98. The fourth-order valence-corrected chi connectivity index (χ4v) is 2.28. The van der Waals surface area contributed by atoms with Crippen molar-refractivity contribution in [3.8, 4) is 11.3 Å². The number of aromatic nitrogens is 3. The second kappa shape index (κ2) is 7.31. The molecule has 2 aromatic rings. The van der Waals surface area contributed by atoms with Gasteiger partial charge in [0, 0.05) is 56.4 Å². The molecule has 2 aromatic heterocycles. The van der Waals surface area contributed by atoms with Gasteiger partial charge < -0.3 is 15.3 Å². The summed E-state index contributed by atoms with van der Waals surface area (Å²) in [7, 11) is 5.81. The van der Waals surface area contributed by atoms with E-state index in [2.05, 4.69) is 15.4 Å². The summed E-state index contributed by atoms with van der Waals surface area (Å²) >= 11 is 0. The standard InChI is InChI=1S/C15H23N5O/c1-19(2)11-14(21)9-17-8-13-10-20(3)18-15(13)12-4-6-16-7-5-12/h4-7,10,14,17,21H,8-9,11H2,1-3H3. The quantitative estimate of drug-likeness (QED) is 0.777. The molecule has 0 radical (unpaired) electrons. The van der Waals surface area contributed by atoms with Crippen LogP contribution in [0.4, 0.5) is 0 Å². The third-order valence-corrected chi connectivity index (χ3v) is 3.13. The maximum Gasteiger partial charge on any atom is 0.0969 e. The van der Waals surface area contributed by atoms with Crippen molar-refractivity contribution in [2.75, 3.05) is 27.2 Å². The van der Waals surface area contributed by atoms with Crippen molar-refractivity contribution in [3.05, 3.63) is 36.3 Å². The molecule has 2 rings (SSSR count). The number of likely N-dealkylation sites (N-methyl/N-ethyl adjacent to an activating group) is 1. The number of rotatable bonds is 7. The molecule has 0 aliphatic heterocycles. The monoisotopic (exact) mass is 289 g/mol. The van der Waals surface area contributed by atoms with Gasteiger partial charge in [0.15, 0.2) is 0 Å². The van der Waals surface area contributed by atoms with Crippen molar-refractivity contribution in [3.63, 3.8) is 0 Å². The number of hydrogen-bond acceptors (Lipinski definition) is 5. The minimum Gasteiger partial charge on any atom is -0.390 e. The highest BCUT2D eigenvalue weighted by Gasteiger charge is 2.11. The second-order valence-electron chi connectivity index (χ2n) is 5.46. The number of hydrogen-bond donors (Lipinski definition) is 2. The highest BCUT2D eigenvalue weighted by Crippen LogP contribution is 2.20. The highest BCUT2D eigenvalue weighted by atomic mass is 16.3. The zero-order valence-electron chi connectivity index (χ0n) is 12.8. The lowest BCUT2D eigenvalue weighted by atomic mass is 10.1. The Hall–Kier alpha value is -1.76. The summed E-state index contributed by atoms with van der Waals surface area (Å²) in [5.74, 6) is 0. The minimum atomic E-state index is -0.374. The molecule has 1 atom stereocenters. The van der Waals surface area contributed by atoms with Gasteiger partial charge >= 0.3 is 0 Å². The average Bonchev–Trinajstić information content (AvgIpc) is 2.80. The molecule has 0 amide bonds. The normalized spacial score (nSPS) is 12.8. The molecule has 0 aliphatic carbocycles. The molecule has 2 heterocycles. The number of aliphatic hydroxyl groups excluding tert-OH is 1. The van der Waals surface area contributed by atoms with Crippen LogP contribution in [0.25, 0.3) is 11.3 Å². The molecular formula is C15H23N5O. The van der Waals surface area contributed by atoms with Crippen molar-refractivity contribution >= 4 is 0 Å². The van der Waals surface area contributed by atoms with E-state index in [4.69, 9.17) is 0 Å². The molecule has 6 nitrogen and oxygen atoms in total. The fourth-order valence-electron chi connectivity index (χ4n) is 2.28. The SMILES string of the molecule is CN(C)CC(O)CNCc1cn(C)nc1-c1ccncc1. The topological polar surface area (TPSA) is 66.2 Å². The van der Waals surface area contributed by atoms with E-state index in [0.717, 1.165) is 16.8 Å². The summed E-state index contributed by atoms with van der Waals surface area (Å²) in [5, 5.41) is 17.6. The third kappa shape index (κ3) is 4.63. The van der Waals surface area contributed by atoms with Gasteiger partial charge in [-0.3, -0.25) is 9.67 Å². The lowest BCUT2D eigenvalue weighted by Gasteiger charge is -2.16.